The van der Waals surface area contributed by atoms with Crippen LogP contribution in [0.25, 0.3) is 0 Å². The number of nitrogens with zero attached hydrogens (tertiary/aromatic N) is 1. The summed E-state index contributed by atoms with van der Waals surface area (Å²) in [5.41, 5.74) is 0.281. The molecule has 4 heteroatoms. The third kappa shape index (κ3) is 2.29. The predicted molar refractivity (Wildman–Crippen MR) is 65.7 cm³/mol. The second-order valence-corrected chi connectivity index (χ2v) is 6.89. The highest BCUT2D eigenvalue weighted by Gasteiger charge is 2.60. The molecule has 1 heterocycles. The third-order valence-electron chi connectivity index (χ3n) is 4.83. The topological polar surface area (TPSA) is 12.5 Å². The van der Waals surface area contributed by atoms with Crippen LogP contribution in [-0.2, 0) is 4.74 Å². The smallest absolute Gasteiger partial charge is 0.252 e. The predicted octanol–water partition coefficient (Wildman–Crippen LogP) is 2.78. The molecule has 0 radical (unpaired) electrons. The molecule has 0 amide bonds. The number of hydrogen-bond donors (Lipinski definition) is 0. The third-order valence-corrected chi connectivity index (χ3v) is 4.83. The Labute approximate surface area is 108 Å². The number of ether oxygens (including phenoxy) is 1. The molecule has 0 N–H and O–H groups in total. The van der Waals surface area contributed by atoms with E-state index in [0.29, 0.717) is 6.54 Å². The van der Waals surface area contributed by atoms with Crippen LogP contribution in [0.2, 0.25) is 0 Å². The molecule has 2 saturated carbocycles. The van der Waals surface area contributed by atoms with Crippen LogP contribution >= 0.6 is 0 Å². The van der Waals surface area contributed by atoms with Gasteiger partial charge in [0.25, 0.3) is 5.92 Å². The standard InChI is InChI=1S/C14H23F2NO/c1-10(2)18-9-13(3-4-13)8-17-6-11-5-14(15,16)12(11)7-17/h10-12H,3-9H2,1-2H3. The number of halogens is 2. The normalized spacial score (nSPS) is 36.5. The van der Waals surface area contributed by atoms with Crippen molar-refractivity contribution in [1.29, 1.82) is 0 Å². The second-order valence-electron chi connectivity index (χ2n) is 6.89. The van der Waals surface area contributed by atoms with Crippen molar-refractivity contribution in [2.75, 3.05) is 26.2 Å². The average molecular weight is 259 g/mol. The summed E-state index contributed by atoms with van der Waals surface area (Å²) in [5.74, 6) is -2.49. The zero-order valence-electron chi connectivity index (χ0n) is 11.3. The molecule has 0 aromatic carbocycles. The fourth-order valence-electron chi connectivity index (χ4n) is 3.46. The minimum Gasteiger partial charge on any atom is -0.378 e. The van der Waals surface area contributed by atoms with Crippen LogP contribution in [0.15, 0.2) is 0 Å². The first-order valence-corrected chi connectivity index (χ1v) is 7.12. The van der Waals surface area contributed by atoms with Crippen molar-refractivity contribution in [2.45, 2.75) is 45.1 Å². The van der Waals surface area contributed by atoms with E-state index in [-0.39, 0.29) is 29.8 Å². The molecule has 0 spiro atoms. The van der Waals surface area contributed by atoms with E-state index in [0.717, 1.165) is 19.7 Å². The molecule has 3 fully saturated rings. The van der Waals surface area contributed by atoms with Crippen LogP contribution in [0, 0.1) is 17.3 Å². The Hall–Kier alpha value is -0.220. The van der Waals surface area contributed by atoms with Crippen molar-refractivity contribution in [3.63, 3.8) is 0 Å². The minimum absolute atomic E-state index is 0.115. The lowest BCUT2D eigenvalue weighted by Crippen LogP contribution is -2.46. The molecule has 1 aliphatic heterocycles. The van der Waals surface area contributed by atoms with E-state index in [1.165, 1.54) is 12.8 Å². The Kier molecular flexibility index (Phi) is 2.94. The van der Waals surface area contributed by atoms with Crippen molar-refractivity contribution in [2.24, 2.45) is 17.3 Å². The summed E-state index contributed by atoms with van der Waals surface area (Å²) in [6.07, 6.45) is 2.77. The summed E-state index contributed by atoms with van der Waals surface area (Å²) >= 11 is 0. The summed E-state index contributed by atoms with van der Waals surface area (Å²) < 4.78 is 32.4. The SMILES string of the molecule is CC(C)OCC1(CN2CC3CC(F)(F)C3C2)CC1. The van der Waals surface area contributed by atoms with Gasteiger partial charge in [0, 0.05) is 37.4 Å². The van der Waals surface area contributed by atoms with E-state index >= 15 is 0 Å². The van der Waals surface area contributed by atoms with Crippen LogP contribution in [0.4, 0.5) is 8.78 Å². The second kappa shape index (κ2) is 4.14. The zero-order chi connectivity index (χ0) is 13.0. The van der Waals surface area contributed by atoms with E-state index < -0.39 is 5.92 Å². The van der Waals surface area contributed by atoms with Crippen molar-refractivity contribution in [3.8, 4) is 0 Å². The van der Waals surface area contributed by atoms with E-state index in [1.807, 2.05) is 13.8 Å². The summed E-state index contributed by atoms with van der Waals surface area (Å²) in [4.78, 5) is 2.26. The maximum absolute atomic E-state index is 13.3. The molecule has 2 nitrogen and oxygen atoms in total. The highest BCUT2D eigenvalue weighted by atomic mass is 19.3. The Morgan fingerprint density at radius 3 is 2.50 bits per heavy atom. The molecular weight excluding hydrogens is 236 g/mol. The fraction of sp³-hybridized carbons (Fsp3) is 1.00. The summed E-state index contributed by atoms with van der Waals surface area (Å²) in [6, 6.07) is 0. The molecule has 2 aliphatic carbocycles. The molecule has 2 atom stereocenters. The molecule has 2 unspecified atom stereocenters. The van der Waals surface area contributed by atoms with Crippen LogP contribution in [0.5, 0.6) is 0 Å². The molecule has 0 bridgehead atoms. The summed E-state index contributed by atoms with van der Waals surface area (Å²) in [7, 11) is 0. The van der Waals surface area contributed by atoms with Gasteiger partial charge in [0.2, 0.25) is 0 Å². The minimum atomic E-state index is -2.38. The number of alkyl halides is 2. The van der Waals surface area contributed by atoms with Gasteiger partial charge in [-0.25, -0.2) is 8.78 Å². The van der Waals surface area contributed by atoms with Crippen molar-refractivity contribution < 1.29 is 13.5 Å². The first kappa shape index (κ1) is 12.8. The van der Waals surface area contributed by atoms with Crippen LogP contribution in [-0.4, -0.2) is 43.2 Å². The maximum Gasteiger partial charge on any atom is 0.252 e. The van der Waals surface area contributed by atoms with Gasteiger partial charge in [-0.1, -0.05) is 0 Å². The van der Waals surface area contributed by atoms with Gasteiger partial charge in [0.1, 0.15) is 0 Å². The molecule has 0 aromatic rings. The van der Waals surface area contributed by atoms with Gasteiger partial charge in [-0.3, -0.25) is 0 Å². The number of fused-ring (bicyclic) bond motifs is 1. The van der Waals surface area contributed by atoms with E-state index in [1.54, 1.807) is 0 Å². The van der Waals surface area contributed by atoms with E-state index in [4.69, 9.17) is 4.74 Å². The van der Waals surface area contributed by atoms with Crippen molar-refractivity contribution >= 4 is 0 Å². The summed E-state index contributed by atoms with van der Waals surface area (Å²) in [5, 5.41) is 0. The lowest BCUT2D eigenvalue weighted by Gasteiger charge is -2.38. The molecule has 1 saturated heterocycles. The molecule has 104 valence electrons. The van der Waals surface area contributed by atoms with E-state index in [9.17, 15) is 8.78 Å². The van der Waals surface area contributed by atoms with E-state index in [2.05, 4.69) is 4.90 Å². The molecule has 0 aromatic heterocycles. The van der Waals surface area contributed by atoms with Crippen molar-refractivity contribution in [1.82, 2.24) is 4.90 Å². The first-order valence-electron chi connectivity index (χ1n) is 7.12. The zero-order valence-corrected chi connectivity index (χ0v) is 11.3. The van der Waals surface area contributed by atoms with Gasteiger partial charge in [-0.2, -0.15) is 0 Å². The molecule has 3 rings (SSSR count). The Bertz CT molecular complexity index is 328. The monoisotopic (exact) mass is 259 g/mol. The number of hydrogen-bond acceptors (Lipinski definition) is 2. The van der Waals surface area contributed by atoms with Gasteiger partial charge >= 0.3 is 0 Å². The Balaban J connectivity index is 1.50. The van der Waals surface area contributed by atoms with Crippen molar-refractivity contribution in [3.05, 3.63) is 0 Å². The number of likely N-dealkylation sites (tertiary alicyclic amines) is 1. The lowest BCUT2D eigenvalue weighted by molar-refractivity contribution is -0.152. The average Bonchev–Trinajstić information content (AvgIpc) is 2.94. The van der Waals surface area contributed by atoms with Gasteiger partial charge in [0.05, 0.1) is 12.7 Å². The first-order chi connectivity index (χ1) is 8.40. The Morgan fingerprint density at radius 1 is 1.28 bits per heavy atom. The lowest BCUT2D eigenvalue weighted by atomic mass is 9.72. The summed E-state index contributed by atoms with van der Waals surface area (Å²) in [6.45, 7) is 7.33. The van der Waals surface area contributed by atoms with Gasteiger partial charge in [-0.05, 0) is 32.6 Å². The van der Waals surface area contributed by atoms with Gasteiger partial charge < -0.3 is 9.64 Å². The quantitative estimate of drug-likeness (QED) is 0.753. The highest BCUT2D eigenvalue weighted by Crippen LogP contribution is 2.54. The Morgan fingerprint density at radius 2 is 2.00 bits per heavy atom. The maximum atomic E-state index is 13.3. The molecule has 18 heavy (non-hydrogen) atoms. The highest BCUT2D eigenvalue weighted by molar-refractivity contribution is 5.05. The molecule has 3 aliphatic rings. The fourth-order valence-corrected chi connectivity index (χ4v) is 3.46. The van der Waals surface area contributed by atoms with Crippen LogP contribution in [0.1, 0.15) is 33.1 Å². The van der Waals surface area contributed by atoms with Gasteiger partial charge in [-0.15, -0.1) is 0 Å². The largest absolute Gasteiger partial charge is 0.378 e. The van der Waals surface area contributed by atoms with Crippen LogP contribution < -0.4 is 0 Å². The van der Waals surface area contributed by atoms with Crippen LogP contribution in [0.3, 0.4) is 0 Å². The number of rotatable bonds is 5. The van der Waals surface area contributed by atoms with Gasteiger partial charge in [0.15, 0.2) is 0 Å². The molecular formula is C14H23F2NO.